The molecule has 312 valence electrons. The molecule has 0 aliphatic carbocycles. The number of ether oxygens (including phenoxy) is 2. The van der Waals surface area contributed by atoms with Gasteiger partial charge in [0.1, 0.15) is 23.0 Å². The minimum absolute atomic E-state index is 0.149. The van der Waals surface area contributed by atoms with Crippen LogP contribution >= 0.6 is 0 Å². The molecule has 6 aromatic rings. The van der Waals surface area contributed by atoms with Gasteiger partial charge in [0.2, 0.25) is 0 Å². The van der Waals surface area contributed by atoms with E-state index in [4.69, 9.17) is 15.9 Å². The fourth-order valence-corrected chi connectivity index (χ4v) is 5.72. The molecule has 0 saturated heterocycles. The molecule has 0 radical (unpaired) electrons. The summed E-state index contributed by atoms with van der Waals surface area (Å²) in [7, 11) is 0. The highest BCUT2D eigenvalue weighted by atomic mass is 16.5. The Morgan fingerprint density at radius 1 is 0.508 bits per heavy atom. The van der Waals surface area contributed by atoms with Crippen LogP contribution in [-0.2, 0) is 24.8 Å². The molecule has 5 heteroatoms. The maximum Gasteiger partial charge on any atom is 0.127 e. The number of benzene rings is 5. The Morgan fingerprint density at radius 3 is 1.42 bits per heavy atom. The van der Waals surface area contributed by atoms with Crippen molar-refractivity contribution in [3.8, 4) is 35.3 Å². The Kier molecular flexibility index (Phi) is 18.2. The monoisotopic (exact) mass is 792 g/mol. The highest BCUT2D eigenvalue weighted by molar-refractivity contribution is 5.37. The van der Waals surface area contributed by atoms with Crippen molar-refractivity contribution < 1.29 is 9.47 Å². The van der Waals surface area contributed by atoms with E-state index in [9.17, 15) is 0 Å². The molecular formula is C54H69N3O2. The van der Waals surface area contributed by atoms with E-state index < -0.39 is 0 Å². The molecule has 1 heterocycles. The summed E-state index contributed by atoms with van der Waals surface area (Å²) in [4.78, 5) is 0. The lowest BCUT2D eigenvalue weighted by molar-refractivity contribution is 0.406. The summed E-state index contributed by atoms with van der Waals surface area (Å²) in [6.45, 7) is 27.2. The van der Waals surface area contributed by atoms with Crippen LogP contribution in [0.4, 0.5) is 0 Å². The first-order valence-corrected chi connectivity index (χ1v) is 20.7. The largest absolute Gasteiger partial charge is 0.457 e. The lowest BCUT2D eigenvalue weighted by atomic mass is 9.87. The Balaban J connectivity index is 0.000000219. The summed E-state index contributed by atoms with van der Waals surface area (Å²) in [5.74, 6) is 6.16. The van der Waals surface area contributed by atoms with Gasteiger partial charge in [-0.15, -0.1) is 17.4 Å². The average molecular weight is 792 g/mol. The molecule has 0 bridgehead atoms. The van der Waals surface area contributed by atoms with Crippen molar-refractivity contribution in [3.63, 3.8) is 0 Å². The van der Waals surface area contributed by atoms with Crippen LogP contribution in [-0.4, -0.2) is 15.0 Å². The Hall–Kier alpha value is -5.60. The summed E-state index contributed by atoms with van der Waals surface area (Å²) in [5.41, 5.74) is 5.93. The minimum atomic E-state index is 0.149. The van der Waals surface area contributed by atoms with E-state index in [-0.39, 0.29) is 10.8 Å². The molecular weight excluding hydrogens is 723 g/mol. The predicted octanol–water partition coefficient (Wildman–Crippen LogP) is 14.8. The third kappa shape index (κ3) is 21.1. The number of rotatable bonds is 8. The third-order valence-corrected chi connectivity index (χ3v) is 8.41. The van der Waals surface area contributed by atoms with E-state index in [1.807, 2.05) is 108 Å². The fourth-order valence-electron chi connectivity index (χ4n) is 5.72. The molecule has 0 aliphatic heterocycles. The third-order valence-electron chi connectivity index (χ3n) is 8.41. The predicted molar refractivity (Wildman–Crippen MR) is 249 cm³/mol. The van der Waals surface area contributed by atoms with Crippen molar-refractivity contribution in [1.29, 1.82) is 0 Å². The molecule has 0 N–H and O–H groups in total. The van der Waals surface area contributed by atoms with Gasteiger partial charge in [-0.1, -0.05) is 179 Å². The zero-order chi connectivity index (χ0) is 43.5. The number of terminal acetylenes is 1. The number of para-hydroxylation sites is 2. The van der Waals surface area contributed by atoms with E-state index in [1.165, 1.54) is 16.7 Å². The minimum Gasteiger partial charge on any atom is -0.457 e. The van der Waals surface area contributed by atoms with Crippen LogP contribution < -0.4 is 9.47 Å². The summed E-state index contributed by atoms with van der Waals surface area (Å²) >= 11 is 0. The topological polar surface area (TPSA) is 49.2 Å². The number of hydrogen-bond donors (Lipinski definition) is 0. The second-order valence-electron chi connectivity index (χ2n) is 19.6. The zero-order valence-corrected chi connectivity index (χ0v) is 37.9. The second kappa shape index (κ2) is 22.5. The van der Waals surface area contributed by atoms with Crippen molar-refractivity contribution in [2.45, 2.75) is 114 Å². The Labute approximate surface area is 357 Å². The molecule has 0 aliphatic rings. The first kappa shape index (κ1) is 47.8. The molecule has 5 aromatic carbocycles. The summed E-state index contributed by atoms with van der Waals surface area (Å²) < 4.78 is 13.5. The van der Waals surface area contributed by atoms with Gasteiger partial charge in [-0.05, 0) is 99.7 Å². The fraction of sp³-hybridized carbons (Fsp3) is 0.370. The van der Waals surface area contributed by atoms with E-state index in [0.29, 0.717) is 10.8 Å². The standard InChI is InChI=1S/C17H20O.C16H18O.C14H19N3.C7H12/c1-17(2,3)13-14-8-7-11-16(12-14)18-15-9-5-4-6-10-15;1-16(2,3)13-8-7-11-15(12-13)17-14-9-5-4-6-10-14;1-14(2,3)9-13-11-17(16-15-13)10-12-7-5-4-6-8-12;1-5-6-7(2,3)4/h4-12H,13H2,1-3H3;4-12H,1-3H3;4-8,11H,9-10H2,1-3H3;1H,6H2,2-4H3. The first-order chi connectivity index (χ1) is 27.7. The van der Waals surface area contributed by atoms with Gasteiger partial charge in [-0.3, -0.25) is 0 Å². The van der Waals surface area contributed by atoms with Crippen molar-refractivity contribution in [2.24, 2.45) is 16.2 Å². The van der Waals surface area contributed by atoms with E-state index in [2.05, 4.69) is 142 Å². The van der Waals surface area contributed by atoms with Gasteiger partial charge in [0, 0.05) is 12.6 Å². The van der Waals surface area contributed by atoms with Crippen LogP contribution in [0.1, 0.15) is 112 Å². The van der Waals surface area contributed by atoms with Crippen molar-refractivity contribution in [3.05, 3.63) is 168 Å². The van der Waals surface area contributed by atoms with Gasteiger partial charge in [0.25, 0.3) is 0 Å². The molecule has 0 spiro atoms. The molecule has 0 amide bonds. The Bertz CT molecular complexity index is 2100. The lowest BCUT2D eigenvalue weighted by Gasteiger charge is -2.19. The van der Waals surface area contributed by atoms with E-state index in [0.717, 1.165) is 54.5 Å². The van der Waals surface area contributed by atoms with Crippen LogP contribution in [0, 0.1) is 28.6 Å². The van der Waals surface area contributed by atoms with Crippen LogP contribution in [0.5, 0.6) is 23.0 Å². The van der Waals surface area contributed by atoms with Gasteiger partial charge in [-0.25, -0.2) is 4.68 Å². The van der Waals surface area contributed by atoms with Crippen LogP contribution in [0.25, 0.3) is 0 Å². The maximum absolute atomic E-state index is 5.83. The quantitative estimate of drug-likeness (QED) is 0.144. The van der Waals surface area contributed by atoms with Crippen molar-refractivity contribution in [1.82, 2.24) is 15.0 Å². The van der Waals surface area contributed by atoms with Gasteiger partial charge < -0.3 is 9.47 Å². The van der Waals surface area contributed by atoms with Gasteiger partial charge in [0.15, 0.2) is 0 Å². The van der Waals surface area contributed by atoms with Crippen molar-refractivity contribution >= 4 is 0 Å². The van der Waals surface area contributed by atoms with E-state index in [1.54, 1.807) is 0 Å². The van der Waals surface area contributed by atoms with E-state index >= 15 is 0 Å². The van der Waals surface area contributed by atoms with Crippen LogP contribution in [0.15, 0.2) is 146 Å². The molecule has 5 nitrogen and oxygen atoms in total. The molecule has 6 rings (SSSR count). The molecule has 0 atom stereocenters. The van der Waals surface area contributed by atoms with Crippen LogP contribution in [0.2, 0.25) is 0 Å². The second-order valence-corrected chi connectivity index (χ2v) is 19.6. The highest BCUT2D eigenvalue weighted by Crippen LogP contribution is 2.29. The highest BCUT2D eigenvalue weighted by Gasteiger charge is 2.15. The number of nitrogens with zero attached hydrogens (tertiary/aromatic N) is 3. The van der Waals surface area contributed by atoms with Crippen LogP contribution in [0.3, 0.4) is 0 Å². The van der Waals surface area contributed by atoms with Gasteiger partial charge in [0.05, 0.1) is 12.2 Å². The normalized spacial score (nSPS) is 11.3. The zero-order valence-electron chi connectivity index (χ0n) is 37.9. The van der Waals surface area contributed by atoms with Gasteiger partial charge in [-0.2, -0.15) is 0 Å². The molecule has 59 heavy (non-hydrogen) atoms. The molecule has 1 aromatic heterocycles. The molecule has 0 unspecified atom stereocenters. The SMILES string of the molecule is C#CCC(C)(C)C.CC(C)(C)Cc1cccc(Oc2ccccc2)c1.CC(C)(C)Cc1cn(Cc2ccccc2)nn1.CC(C)(C)c1cccc(Oc2ccccc2)c1. The van der Waals surface area contributed by atoms with Crippen molar-refractivity contribution in [2.75, 3.05) is 0 Å². The molecule has 0 fully saturated rings. The summed E-state index contributed by atoms with van der Waals surface area (Å²) in [5, 5.41) is 8.37. The summed E-state index contributed by atoms with van der Waals surface area (Å²) in [6.07, 6.45) is 9.99. The van der Waals surface area contributed by atoms with Gasteiger partial charge >= 0.3 is 0 Å². The molecule has 0 saturated carbocycles. The first-order valence-electron chi connectivity index (χ1n) is 20.7. The number of hydrogen-bond acceptors (Lipinski definition) is 4. The lowest BCUT2D eigenvalue weighted by Crippen LogP contribution is -2.10. The Morgan fingerprint density at radius 2 is 0.966 bits per heavy atom. The average Bonchev–Trinajstić information content (AvgIpc) is 3.57. The number of aromatic nitrogens is 3. The smallest absolute Gasteiger partial charge is 0.127 e. The maximum atomic E-state index is 5.83. The summed E-state index contributed by atoms with van der Waals surface area (Å²) in [6, 6.07) is 46.7.